The fourth-order valence-corrected chi connectivity index (χ4v) is 4.02. The lowest BCUT2D eigenvalue weighted by molar-refractivity contribution is -0.291. The quantitative estimate of drug-likeness (QED) is 0.197. The minimum Gasteiger partial charge on any atom is -0.497 e. The van der Waals surface area contributed by atoms with Crippen LogP contribution in [0.3, 0.4) is 0 Å². The fourth-order valence-electron chi connectivity index (χ4n) is 4.02. The van der Waals surface area contributed by atoms with E-state index in [0.29, 0.717) is 6.54 Å². The van der Waals surface area contributed by atoms with E-state index >= 15 is 0 Å². The van der Waals surface area contributed by atoms with E-state index in [1.54, 1.807) is 11.9 Å². The summed E-state index contributed by atoms with van der Waals surface area (Å²) >= 11 is 0. The number of ether oxygens (including phenoxy) is 3. The Morgan fingerprint density at radius 1 is 1.00 bits per heavy atom. The molecule has 12 nitrogen and oxygen atoms in total. The van der Waals surface area contributed by atoms with Crippen LogP contribution >= 0.6 is 0 Å². The molecular weight excluding hydrogens is 603 g/mol. The van der Waals surface area contributed by atoms with E-state index in [1.807, 2.05) is 30.3 Å². The summed E-state index contributed by atoms with van der Waals surface area (Å²) in [5.41, 5.74) is 0.768. The molecule has 1 aliphatic heterocycles. The number of amides is 1. The van der Waals surface area contributed by atoms with E-state index in [4.69, 9.17) is 14.2 Å². The lowest BCUT2D eigenvalue weighted by atomic mass is 9.92. The molecule has 1 unspecified atom stereocenters. The Morgan fingerprint density at radius 3 is 2.31 bits per heavy atom. The average Bonchev–Trinajstić information content (AvgIpc) is 3.32. The minimum absolute atomic E-state index is 0.00237. The second-order valence-corrected chi connectivity index (χ2v) is 10.6. The summed E-state index contributed by atoms with van der Waals surface area (Å²) in [5, 5.41) is 1.73. The molecule has 3 aromatic rings. The van der Waals surface area contributed by atoms with Crippen LogP contribution in [0.1, 0.15) is 36.7 Å². The fraction of sp³-hybridized carbons (Fsp3) is 0.300. The molecule has 1 aliphatic rings. The summed E-state index contributed by atoms with van der Waals surface area (Å²) in [6.07, 6.45) is -4.14. The molecule has 1 fully saturated rings. The minimum atomic E-state index is -5.39. The average molecular weight is 632 g/mol. The molecule has 238 valence electrons. The van der Waals surface area contributed by atoms with Crippen molar-refractivity contribution in [2.24, 2.45) is 5.41 Å². The first-order chi connectivity index (χ1) is 21.1. The van der Waals surface area contributed by atoms with Crippen LogP contribution in [0, 0.1) is 5.41 Å². The van der Waals surface area contributed by atoms with Crippen LogP contribution in [0.2, 0.25) is 0 Å². The van der Waals surface area contributed by atoms with Gasteiger partial charge in [0, 0.05) is 23.9 Å². The molecule has 0 radical (unpaired) electrons. The number of alkyl halides is 3. The molecule has 0 aliphatic carbocycles. The standard InChI is InChI=1S/C30H28F3N3O9/c1-28(2,26(39)44-45-27(40)30(31,32)33)43-22-14-20(41-4)11-12-21(22)24(37)18-10-13-23(34-15-18)42-17-29(3)16-36(35-25(29)38)19-8-6-5-7-9-19/h5-15H,16-17H2,1-4H3,(H,35,38). The van der Waals surface area contributed by atoms with Gasteiger partial charge in [0.1, 0.15) is 23.5 Å². The summed E-state index contributed by atoms with van der Waals surface area (Å²) in [5.74, 6) is -4.85. The van der Waals surface area contributed by atoms with E-state index in [-0.39, 0.29) is 41.0 Å². The number of methoxy groups -OCH3 is 1. The summed E-state index contributed by atoms with van der Waals surface area (Å²) in [6.45, 7) is 4.36. The number of anilines is 1. The number of pyridine rings is 1. The van der Waals surface area contributed by atoms with Crippen LogP contribution in [0.15, 0.2) is 66.9 Å². The second-order valence-electron chi connectivity index (χ2n) is 10.6. The highest BCUT2D eigenvalue weighted by Gasteiger charge is 2.45. The van der Waals surface area contributed by atoms with Crippen molar-refractivity contribution in [3.05, 3.63) is 78.0 Å². The first-order valence-electron chi connectivity index (χ1n) is 13.3. The van der Waals surface area contributed by atoms with Crippen molar-refractivity contribution in [3.8, 4) is 17.4 Å². The van der Waals surface area contributed by atoms with Gasteiger partial charge < -0.3 is 14.2 Å². The molecule has 1 saturated heterocycles. The van der Waals surface area contributed by atoms with Crippen molar-refractivity contribution in [1.29, 1.82) is 0 Å². The number of nitrogens with one attached hydrogen (secondary N) is 1. The highest BCUT2D eigenvalue weighted by molar-refractivity contribution is 6.10. The Kier molecular flexibility index (Phi) is 9.21. The summed E-state index contributed by atoms with van der Waals surface area (Å²) in [7, 11) is 1.34. The monoisotopic (exact) mass is 631 g/mol. The van der Waals surface area contributed by atoms with Gasteiger partial charge in [0.05, 0.1) is 24.9 Å². The number of ketones is 1. The largest absolute Gasteiger partial charge is 0.497 e. The van der Waals surface area contributed by atoms with Gasteiger partial charge in [0.2, 0.25) is 17.4 Å². The maximum absolute atomic E-state index is 13.4. The van der Waals surface area contributed by atoms with Gasteiger partial charge in [-0.3, -0.25) is 20.0 Å². The lowest BCUT2D eigenvalue weighted by Crippen LogP contribution is -2.41. The number of nitrogens with zero attached hydrogens (tertiary/aromatic N) is 2. The zero-order valence-corrected chi connectivity index (χ0v) is 24.5. The van der Waals surface area contributed by atoms with Gasteiger partial charge in [-0.2, -0.15) is 13.2 Å². The molecular formula is C30H28F3N3O9. The van der Waals surface area contributed by atoms with Crippen molar-refractivity contribution < 1.29 is 56.3 Å². The Labute approximate surface area is 254 Å². The van der Waals surface area contributed by atoms with Gasteiger partial charge >= 0.3 is 18.1 Å². The van der Waals surface area contributed by atoms with Crippen LogP contribution in [-0.2, 0) is 24.2 Å². The number of carbonyl (C=O) groups is 4. The predicted octanol–water partition coefficient (Wildman–Crippen LogP) is 3.98. The number of hydrazine groups is 1. The van der Waals surface area contributed by atoms with Crippen molar-refractivity contribution in [3.63, 3.8) is 0 Å². The number of benzene rings is 2. The number of para-hydroxylation sites is 1. The Morgan fingerprint density at radius 2 is 1.69 bits per heavy atom. The first-order valence-corrected chi connectivity index (χ1v) is 13.3. The molecule has 0 saturated carbocycles. The highest BCUT2D eigenvalue weighted by Crippen LogP contribution is 2.32. The molecule has 2 aromatic carbocycles. The molecule has 4 rings (SSSR count). The topological polar surface area (TPSA) is 143 Å². The molecule has 1 amide bonds. The van der Waals surface area contributed by atoms with E-state index < -0.39 is 34.9 Å². The second kappa shape index (κ2) is 12.7. The number of carbonyl (C=O) groups excluding carboxylic acids is 4. The Balaban J connectivity index is 1.44. The Hall–Kier alpha value is -5.34. The van der Waals surface area contributed by atoms with Crippen LogP contribution in [0.4, 0.5) is 18.9 Å². The zero-order chi connectivity index (χ0) is 33.0. The molecule has 15 heteroatoms. The summed E-state index contributed by atoms with van der Waals surface area (Å²) in [4.78, 5) is 61.2. The van der Waals surface area contributed by atoms with Crippen LogP contribution in [0.5, 0.6) is 17.4 Å². The normalized spacial score (nSPS) is 16.4. The number of halogens is 3. The number of hydrogen-bond acceptors (Lipinski definition) is 11. The van der Waals surface area contributed by atoms with Crippen LogP contribution in [-0.4, -0.2) is 60.7 Å². The zero-order valence-electron chi connectivity index (χ0n) is 24.5. The van der Waals surface area contributed by atoms with Crippen molar-refractivity contribution >= 4 is 29.3 Å². The number of rotatable bonds is 10. The first kappa shape index (κ1) is 32.6. The molecule has 0 spiro atoms. The number of aromatic nitrogens is 1. The third-order valence-electron chi connectivity index (χ3n) is 6.61. The molecule has 45 heavy (non-hydrogen) atoms. The SMILES string of the molecule is COc1ccc(C(=O)c2ccc(OCC3(C)CN(c4ccccc4)NC3=O)nc2)c(OC(C)(C)C(=O)OOC(=O)C(F)(F)F)c1. The van der Waals surface area contributed by atoms with E-state index in [2.05, 4.69) is 20.2 Å². The van der Waals surface area contributed by atoms with Gasteiger partial charge in [-0.05, 0) is 51.1 Å². The summed E-state index contributed by atoms with van der Waals surface area (Å²) in [6, 6.07) is 16.3. The van der Waals surface area contributed by atoms with Gasteiger partial charge in [-0.1, -0.05) is 18.2 Å². The molecule has 0 bridgehead atoms. The van der Waals surface area contributed by atoms with Gasteiger partial charge in [-0.15, -0.1) is 0 Å². The molecule has 1 aromatic heterocycles. The van der Waals surface area contributed by atoms with Gasteiger partial charge in [0.15, 0.2) is 5.78 Å². The number of hydrogen-bond donors (Lipinski definition) is 1. The van der Waals surface area contributed by atoms with E-state index in [1.165, 1.54) is 43.6 Å². The molecule has 1 atom stereocenters. The molecule has 2 heterocycles. The van der Waals surface area contributed by atoms with E-state index in [0.717, 1.165) is 19.5 Å². The molecule has 1 N–H and O–H groups in total. The smallest absolute Gasteiger partial charge is 0.495 e. The van der Waals surface area contributed by atoms with Gasteiger partial charge in [-0.25, -0.2) is 24.3 Å². The van der Waals surface area contributed by atoms with Crippen molar-refractivity contribution in [2.75, 3.05) is 25.3 Å². The van der Waals surface area contributed by atoms with Crippen molar-refractivity contribution in [2.45, 2.75) is 32.5 Å². The third kappa shape index (κ3) is 7.60. The van der Waals surface area contributed by atoms with Crippen LogP contribution < -0.4 is 24.6 Å². The van der Waals surface area contributed by atoms with Crippen LogP contribution in [0.25, 0.3) is 0 Å². The predicted molar refractivity (Wildman–Crippen MR) is 149 cm³/mol. The van der Waals surface area contributed by atoms with Gasteiger partial charge in [0.25, 0.3) is 0 Å². The van der Waals surface area contributed by atoms with Crippen molar-refractivity contribution in [1.82, 2.24) is 10.4 Å². The summed E-state index contributed by atoms with van der Waals surface area (Å²) < 4.78 is 53.8. The third-order valence-corrected chi connectivity index (χ3v) is 6.61. The Bertz CT molecular complexity index is 1580. The lowest BCUT2D eigenvalue weighted by Gasteiger charge is -2.24. The maximum Gasteiger partial charge on any atom is 0.495 e. The highest BCUT2D eigenvalue weighted by atomic mass is 19.4. The maximum atomic E-state index is 13.4. The van der Waals surface area contributed by atoms with E-state index in [9.17, 15) is 32.3 Å².